The van der Waals surface area contributed by atoms with E-state index in [1.165, 1.54) is 60.3 Å². The molecule has 0 radical (unpaired) electrons. The summed E-state index contributed by atoms with van der Waals surface area (Å²) in [5, 5.41) is 3.10. The summed E-state index contributed by atoms with van der Waals surface area (Å²) in [5.74, 6) is 0.777. The van der Waals surface area contributed by atoms with Gasteiger partial charge in [-0.3, -0.25) is 4.79 Å². The Balaban J connectivity index is 1.34. The van der Waals surface area contributed by atoms with E-state index in [1.807, 2.05) is 12.1 Å². The number of H-pyrrole nitrogens is 1. The first-order chi connectivity index (χ1) is 14.5. The molecule has 1 aromatic heterocycles. The molecule has 2 N–H and O–H groups in total. The third-order valence-electron chi connectivity index (χ3n) is 7.10. The molecule has 1 saturated heterocycles. The number of likely N-dealkylation sites (tertiary alicyclic amines) is 1. The van der Waals surface area contributed by atoms with E-state index < -0.39 is 0 Å². The number of amides is 1. The van der Waals surface area contributed by atoms with Gasteiger partial charge in [0.2, 0.25) is 0 Å². The Morgan fingerprint density at radius 2 is 1.97 bits per heavy atom. The van der Waals surface area contributed by atoms with Crippen LogP contribution >= 0.6 is 0 Å². The predicted octanol–water partition coefficient (Wildman–Crippen LogP) is 5.11. The average molecular weight is 408 g/mol. The van der Waals surface area contributed by atoms with Gasteiger partial charge in [0.1, 0.15) is 0 Å². The van der Waals surface area contributed by atoms with E-state index in [9.17, 15) is 4.79 Å². The first-order valence-electron chi connectivity index (χ1n) is 11.9. The highest BCUT2D eigenvalue weighted by molar-refractivity contribution is 5.94. The fourth-order valence-electron chi connectivity index (χ4n) is 5.28. The van der Waals surface area contributed by atoms with Crippen molar-refractivity contribution in [3.8, 4) is 11.1 Å². The molecule has 0 bridgehead atoms. The Labute approximate surface area is 181 Å². The molecule has 1 aromatic carbocycles. The second-order valence-corrected chi connectivity index (χ2v) is 9.50. The van der Waals surface area contributed by atoms with Crippen LogP contribution in [-0.4, -0.2) is 41.5 Å². The molecular formula is C26H37N3O. The highest BCUT2D eigenvalue weighted by atomic mass is 16.1. The van der Waals surface area contributed by atoms with Gasteiger partial charge in [-0.1, -0.05) is 25.5 Å². The zero-order valence-electron chi connectivity index (χ0n) is 18.9. The van der Waals surface area contributed by atoms with Gasteiger partial charge >= 0.3 is 0 Å². The summed E-state index contributed by atoms with van der Waals surface area (Å²) in [4.78, 5) is 18.7. The van der Waals surface area contributed by atoms with Gasteiger partial charge in [0.05, 0.1) is 0 Å². The smallest absolute Gasteiger partial charge is 0.251 e. The summed E-state index contributed by atoms with van der Waals surface area (Å²) in [5.41, 5.74) is 7.45. The lowest BCUT2D eigenvalue weighted by Gasteiger charge is -2.33. The van der Waals surface area contributed by atoms with Crippen LogP contribution in [0.3, 0.4) is 0 Å². The van der Waals surface area contributed by atoms with Crippen LogP contribution in [0.25, 0.3) is 11.1 Å². The van der Waals surface area contributed by atoms with Gasteiger partial charge in [0.25, 0.3) is 5.91 Å². The van der Waals surface area contributed by atoms with Crippen molar-refractivity contribution in [2.24, 2.45) is 5.92 Å². The monoisotopic (exact) mass is 407 g/mol. The Morgan fingerprint density at radius 1 is 1.17 bits per heavy atom. The average Bonchev–Trinajstić information content (AvgIpc) is 3.07. The third-order valence-corrected chi connectivity index (χ3v) is 7.10. The molecule has 4 rings (SSSR count). The molecule has 1 amide bonds. The van der Waals surface area contributed by atoms with Gasteiger partial charge < -0.3 is 15.2 Å². The number of carbonyl (C=O) groups is 1. The van der Waals surface area contributed by atoms with Crippen LogP contribution in [0.2, 0.25) is 0 Å². The number of hydrogen-bond donors (Lipinski definition) is 2. The molecule has 4 heteroatoms. The highest BCUT2D eigenvalue weighted by Gasteiger charge is 2.23. The van der Waals surface area contributed by atoms with Crippen molar-refractivity contribution >= 4 is 5.91 Å². The molecular weight excluding hydrogens is 370 g/mol. The summed E-state index contributed by atoms with van der Waals surface area (Å²) >= 11 is 0. The first-order valence-corrected chi connectivity index (χ1v) is 11.9. The topological polar surface area (TPSA) is 48.1 Å². The quantitative estimate of drug-likeness (QED) is 0.654. The maximum Gasteiger partial charge on any atom is 0.251 e. The van der Waals surface area contributed by atoms with Crippen LogP contribution in [-0.2, 0) is 12.8 Å². The first kappa shape index (κ1) is 21.2. The molecule has 0 saturated carbocycles. The number of aromatic amines is 1. The normalized spacial score (nSPS) is 22.0. The van der Waals surface area contributed by atoms with E-state index in [-0.39, 0.29) is 5.91 Å². The fraction of sp³-hybridized carbons (Fsp3) is 0.577. The molecule has 30 heavy (non-hydrogen) atoms. The summed E-state index contributed by atoms with van der Waals surface area (Å²) < 4.78 is 0. The highest BCUT2D eigenvalue weighted by Crippen LogP contribution is 2.36. The van der Waals surface area contributed by atoms with Crippen molar-refractivity contribution in [1.82, 2.24) is 15.2 Å². The maximum atomic E-state index is 12.6. The van der Waals surface area contributed by atoms with Crippen LogP contribution in [0, 0.1) is 12.8 Å². The van der Waals surface area contributed by atoms with E-state index in [2.05, 4.69) is 48.1 Å². The molecule has 1 aliphatic heterocycles. The van der Waals surface area contributed by atoms with Gasteiger partial charge in [-0.2, -0.15) is 0 Å². The van der Waals surface area contributed by atoms with Gasteiger partial charge in [-0.25, -0.2) is 0 Å². The Kier molecular flexibility index (Phi) is 6.62. The van der Waals surface area contributed by atoms with Crippen molar-refractivity contribution in [2.45, 2.75) is 71.8 Å². The molecule has 1 fully saturated rings. The van der Waals surface area contributed by atoms with Crippen LogP contribution < -0.4 is 5.32 Å². The minimum atomic E-state index is 0.0367. The molecule has 162 valence electrons. The lowest BCUT2D eigenvalue weighted by atomic mass is 9.85. The molecule has 4 nitrogen and oxygen atoms in total. The number of nitrogens with one attached hydrogen (secondary N) is 2. The number of benzene rings is 1. The van der Waals surface area contributed by atoms with Crippen LogP contribution in [0.4, 0.5) is 0 Å². The van der Waals surface area contributed by atoms with Crippen molar-refractivity contribution in [3.63, 3.8) is 0 Å². The lowest BCUT2D eigenvalue weighted by Crippen LogP contribution is -2.39. The number of rotatable bonds is 6. The van der Waals surface area contributed by atoms with Crippen molar-refractivity contribution < 1.29 is 4.79 Å². The Bertz CT molecular complexity index is 867. The van der Waals surface area contributed by atoms with Gasteiger partial charge in [0, 0.05) is 41.6 Å². The number of hydrogen-bond acceptors (Lipinski definition) is 2. The number of fused-ring (bicyclic) bond motifs is 1. The molecule has 2 atom stereocenters. The summed E-state index contributed by atoms with van der Waals surface area (Å²) in [7, 11) is 0. The van der Waals surface area contributed by atoms with Crippen LogP contribution in [0.1, 0.15) is 73.3 Å². The van der Waals surface area contributed by atoms with E-state index in [1.54, 1.807) is 0 Å². The standard InChI is InChI=1S/C26H37N3O/c1-18-8-13-24-23(17-18)25(20(3)28-24)21-9-11-22(12-10-21)26(30)27-14-6-16-29-15-5-4-7-19(29)2/h9-12,18-19,28H,4-8,13-17H2,1-3H3,(H,27,30). The number of aryl methyl sites for hydroxylation is 2. The minimum Gasteiger partial charge on any atom is -0.362 e. The number of piperidine rings is 1. The zero-order chi connectivity index (χ0) is 21.1. The van der Waals surface area contributed by atoms with Crippen LogP contribution in [0.15, 0.2) is 24.3 Å². The van der Waals surface area contributed by atoms with Gasteiger partial charge in [-0.15, -0.1) is 0 Å². The second-order valence-electron chi connectivity index (χ2n) is 9.50. The Hall–Kier alpha value is -2.07. The van der Waals surface area contributed by atoms with Crippen LogP contribution in [0.5, 0.6) is 0 Å². The SMILES string of the molecule is Cc1[nH]c2c(c1-c1ccc(C(=O)NCCCN3CCCCC3C)cc1)CC(C)CC2. The van der Waals surface area contributed by atoms with Crippen molar-refractivity contribution in [3.05, 3.63) is 46.8 Å². The van der Waals surface area contributed by atoms with E-state index >= 15 is 0 Å². The summed E-state index contributed by atoms with van der Waals surface area (Å²) in [6, 6.07) is 8.86. The zero-order valence-corrected chi connectivity index (χ0v) is 18.9. The van der Waals surface area contributed by atoms with Crippen molar-refractivity contribution in [2.75, 3.05) is 19.6 Å². The maximum absolute atomic E-state index is 12.6. The van der Waals surface area contributed by atoms with E-state index in [4.69, 9.17) is 0 Å². The molecule has 1 aliphatic carbocycles. The van der Waals surface area contributed by atoms with Gasteiger partial charge in [-0.05, 0) is 88.1 Å². The van der Waals surface area contributed by atoms with Crippen molar-refractivity contribution in [1.29, 1.82) is 0 Å². The molecule has 2 aliphatic rings. The summed E-state index contributed by atoms with van der Waals surface area (Å²) in [6.45, 7) is 9.86. The third kappa shape index (κ3) is 4.64. The number of nitrogens with zero attached hydrogens (tertiary/aromatic N) is 1. The number of aromatic nitrogens is 1. The largest absolute Gasteiger partial charge is 0.362 e. The predicted molar refractivity (Wildman–Crippen MR) is 124 cm³/mol. The minimum absolute atomic E-state index is 0.0367. The molecule has 2 unspecified atom stereocenters. The molecule has 2 aromatic rings. The molecule has 0 spiro atoms. The molecule has 2 heterocycles. The lowest BCUT2D eigenvalue weighted by molar-refractivity contribution is 0.0949. The van der Waals surface area contributed by atoms with Gasteiger partial charge in [0.15, 0.2) is 0 Å². The number of carbonyl (C=O) groups excluding carboxylic acids is 1. The Morgan fingerprint density at radius 3 is 2.73 bits per heavy atom. The second kappa shape index (κ2) is 9.38. The fourth-order valence-corrected chi connectivity index (χ4v) is 5.28. The summed E-state index contributed by atoms with van der Waals surface area (Å²) in [6.07, 6.45) is 8.55. The van der Waals surface area contributed by atoms with E-state index in [0.717, 1.165) is 43.8 Å². The van der Waals surface area contributed by atoms with E-state index in [0.29, 0.717) is 6.04 Å².